The molecular weight excluding hydrogens is 557 g/mol. The summed E-state index contributed by atoms with van der Waals surface area (Å²) in [5, 5.41) is 6.95. The van der Waals surface area contributed by atoms with Crippen LogP contribution in [0.25, 0.3) is 11.6 Å². The SMILES string of the molecule is CC(C)(c1cccc(-n2[c-]cc(C(F)(F)F)n2)n1)c1cccc(-n2[c-]cc(C(F)(F)F)n2)n1.[Pd+2]. The van der Waals surface area contributed by atoms with Crippen LogP contribution in [0.5, 0.6) is 0 Å². The smallest absolute Gasteiger partial charge is 0.343 e. The molecule has 13 heteroatoms. The Bertz CT molecular complexity index is 1190. The Balaban J connectivity index is 0.00000324. The van der Waals surface area contributed by atoms with Gasteiger partial charge in [0, 0.05) is 16.8 Å². The number of pyridine rings is 2. The fourth-order valence-corrected chi connectivity index (χ4v) is 3.00. The largest absolute Gasteiger partial charge is 2.00 e. The Morgan fingerprint density at radius 1 is 0.647 bits per heavy atom. The van der Waals surface area contributed by atoms with Crippen molar-refractivity contribution < 1.29 is 46.8 Å². The maximum atomic E-state index is 12.9. The third-order valence-electron chi connectivity index (χ3n) is 4.83. The van der Waals surface area contributed by atoms with E-state index in [4.69, 9.17) is 0 Å². The average molecular weight is 571 g/mol. The minimum atomic E-state index is -4.61. The van der Waals surface area contributed by atoms with Gasteiger partial charge >= 0.3 is 32.8 Å². The number of rotatable bonds is 4. The molecule has 0 amide bonds. The van der Waals surface area contributed by atoms with Crippen molar-refractivity contribution in [1.29, 1.82) is 0 Å². The van der Waals surface area contributed by atoms with Crippen molar-refractivity contribution in [3.05, 3.63) is 83.7 Å². The Morgan fingerprint density at radius 2 is 1.03 bits per heavy atom. The zero-order chi connectivity index (χ0) is 24.0. The fourth-order valence-electron chi connectivity index (χ4n) is 3.00. The van der Waals surface area contributed by atoms with E-state index in [1.807, 2.05) is 0 Å². The maximum absolute atomic E-state index is 12.9. The molecule has 4 aromatic rings. The second-order valence-corrected chi connectivity index (χ2v) is 7.52. The molecule has 0 spiro atoms. The van der Waals surface area contributed by atoms with Gasteiger partial charge in [0.2, 0.25) is 0 Å². The average Bonchev–Trinajstić information content (AvgIpc) is 3.44. The molecule has 180 valence electrons. The number of aromatic nitrogens is 6. The van der Waals surface area contributed by atoms with Crippen LogP contribution in [-0.4, -0.2) is 29.5 Å². The summed E-state index contributed by atoms with van der Waals surface area (Å²) in [5.41, 5.74) is -2.18. The van der Waals surface area contributed by atoms with Crippen molar-refractivity contribution in [3.8, 4) is 11.6 Å². The molecule has 0 saturated carbocycles. The second-order valence-electron chi connectivity index (χ2n) is 7.52. The molecule has 0 aliphatic carbocycles. The molecule has 0 fully saturated rings. The first-order valence-electron chi connectivity index (χ1n) is 9.41. The van der Waals surface area contributed by atoms with Gasteiger partial charge in [-0.3, -0.25) is 20.2 Å². The van der Waals surface area contributed by atoms with Crippen LogP contribution in [0.3, 0.4) is 0 Å². The van der Waals surface area contributed by atoms with E-state index in [0.717, 1.165) is 21.5 Å². The topological polar surface area (TPSA) is 61.4 Å². The molecule has 0 atom stereocenters. The number of hydrogen-bond donors (Lipinski definition) is 0. The van der Waals surface area contributed by atoms with E-state index in [2.05, 4.69) is 32.6 Å². The van der Waals surface area contributed by atoms with Gasteiger partial charge in [-0.15, -0.1) is 12.1 Å². The van der Waals surface area contributed by atoms with Crippen molar-refractivity contribution in [2.75, 3.05) is 0 Å². The Kier molecular flexibility index (Phi) is 6.74. The predicted octanol–water partition coefficient (Wildman–Crippen LogP) is 4.81. The first-order chi connectivity index (χ1) is 15.4. The first-order valence-corrected chi connectivity index (χ1v) is 9.41. The van der Waals surface area contributed by atoms with Gasteiger partial charge in [-0.05, 0) is 26.0 Å². The van der Waals surface area contributed by atoms with Crippen molar-refractivity contribution in [3.63, 3.8) is 0 Å². The number of halogens is 6. The summed E-state index contributed by atoms with van der Waals surface area (Å²) in [6.07, 6.45) is -4.44. The summed E-state index contributed by atoms with van der Waals surface area (Å²) in [6.45, 7) is 3.54. The molecule has 0 saturated heterocycles. The minimum absolute atomic E-state index is 0. The van der Waals surface area contributed by atoms with Gasteiger partial charge in [0.05, 0.1) is 23.0 Å². The van der Waals surface area contributed by atoms with E-state index in [9.17, 15) is 26.3 Å². The Hall–Kier alpha value is -3.04. The molecule has 0 radical (unpaired) electrons. The molecule has 6 nitrogen and oxygen atoms in total. The van der Waals surface area contributed by atoms with Gasteiger partial charge in [0.25, 0.3) is 0 Å². The molecule has 0 unspecified atom stereocenters. The van der Waals surface area contributed by atoms with E-state index < -0.39 is 29.2 Å². The van der Waals surface area contributed by atoms with Gasteiger partial charge in [0.1, 0.15) is 0 Å². The number of alkyl halides is 6. The van der Waals surface area contributed by atoms with Crippen LogP contribution in [0.1, 0.15) is 36.6 Å². The molecule has 0 aliphatic heterocycles. The van der Waals surface area contributed by atoms with Crippen molar-refractivity contribution in [2.24, 2.45) is 0 Å². The summed E-state index contributed by atoms with van der Waals surface area (Å²) in [4.78, 5) is 8.82. The van der Waals surface area contributed by atoms with Crippen LogP contribution in [0.2, 0.25) is 0 Å². The summed E-state index contributed by atoms with van der Waals surface area (Å²) in [6, 6.07) is 10.9. The molecule has 34 heavy (non-hydrogen) atoms. The van der Waals surface area contributed by atoms with Crippen molar-refractivity contribution in [2.45, 2.75) is 31.6 Å². The van der Waals surface area contributed by atoms with Gasteiger partial charge < -0.3 is 9.36 Å². The van der Waals surface area contributed by atoms with E-state index in [0.29, 0.717) is 11.4 Å². The van der Waals surface area contributed by atoms with Gasteiger partial charge in [0.15, 0.2) is 0 Å². The summed E-state index contributed by atoms with van der Waals surface area (Å²) in [5.74, 6) is 0.227. The summed E-state index contributed by atoms with van der Waals surface area (Å²) >= 11 is 0. The molecule has 4 aromatic heterocycles. The minimum Gasteiger partial charge on any atom is -0.343 e. The van der Waals surface area contributed by atoms with Crippen LogP contribution >= 0.6 is 0 Å². The van der Waals surface area contributed by atoms with Gasteiger partial charge in [-0.1, -0.05) is 36.7 Å². The van der Waals surface area contributed by atoms with Gasteiger partial charge in [-0.25, -0.2) is 0 Å². The van der Waals surface area contributed by atoms with Crippen LogP contribution in [-0.2, 0) is 38.2 Å². The predicted molar refractivity (Wildman–Crippen MR) is 103 cm³/mol. The zero-order valence-corrected chi connectivity index (χ0v) is 18.9. The van der Waals surface area contributed by atoms with Crippen LogP contribution in [0.15, 0.2) is 48.5 Å². The van der Waals surface area contributed by atoms with Gasteiger partial charge in [-0.2, -0.15) is 26.3 Å². The van der Waals surface area contributed by atoms with Crippen LogP contribution in [0, 0.1) is 12.4 Å². The van der Waals surface area contributed by atoms with Crippen molar-refractivity contribution in [1.82, 2.24) is 29.5 Å². The fraction of sp³-hybridized carbons (Fsp3) is 0.238. The zero-order valence-electron chi connectivity index (χ0n) is 17.4. The third-order valence-corrected chi connectivity index (χ3v) is 4.83. The Morgan fingerprint density at radius 3 is 1.35 bits per heavy atom. The normalized spacial score (nSPS) is 12.5. The third kappa shape index (κ3) is 5.05. The number of nitrogens with zero attached hydrogens (tertiary/aromatic N) is 6. The molecule has 0 bridgehead atoms. The van der Waals surface area contributed by atoms with E-state index in [-0.39, 0.29) is 32.1 Å². The molecule has 4 heterocycles. The van der Waals surface area contributed by atoms with E-state index in [1.165, 1.54) is 12.1 Å². The van der Waals surface area contributed by atoms with E-state index in [1.54, 1.807) is 38.1 Å². The first kappa shape index (κ1) is 25.6. The Labute approximate surface area is 203 Å². The molecular formula is C21H14F6N6Pd. The maximum Gasteiger partial charge on any atom is 2.00 e. The van der Waals surface area contributed by atoms with Crippen molar-refractivity contribution >= 4 is 0 Å². The summed E-state index contributed by atoms with van der Waals surface area (Å²) < 4.78 is 78.9. The molecule has 4 rings (SSSR count). The molecule has 0 N–H and O–H groups in total. The standard InChI is InChI=1S/C21H14F6N6.Pd/c1-19(2,13-5-3-7-17(28-13)32-11-9-15(30-32)20(22,23)24)14-6-4-8-18(29-14)33-12-10-16(31-33)21(25,26)27;/h3-10H,1-2H3;/q-2;+2. The monoisotopic (exact) mass is 570 g/mol. The molecule has 0 aromatic carbocycles. The van der Waals surface area contributed by atoms with Crippen LogP contribution < -0.4 is 0 Å². The van der Waals surface area contributed by atoms with Crippen LogP contribution in [0.4, 0.5) is 26.3 Å². The quantitative estimate of drug-likeness (QED) is 0.201. The number of hydrogen-bond acceptors (Lipinski definition) is 4. The summed E-state index contributed by atoms with van der Waals surface area (Å²) in [7, 11) is 0. The second kappa shape index (κ2) is 8.96. The molecule has 0 aliphatic rings. The van der Waals surface area contributed by atoms with E-state index >= 15 is 0 Å².